The van der Waals surface area contributed by atoms with Crippen molar-refractivity contribution in [3.63, 3.8) is 0 Å². The van der Waals surface area contributed by atoms with Gasteiger partial charge in [-0.2, -0.15) is 0 Å². The molecule has 1 heterocycles. The summed E-state index contributed by atoms with van der Waals surface area (Å²) in [6, 6.07) is 0. The van der Waals surface area contributed by atoms with Crippen molar-refractivity contribution in [3.05, 3.63) is 0 Å². The van der Waals surface area contributed by atoms with Crippen LogP contribution >= 0.6 is 0 Å². The molecule has 92 valence electrons. The van der Waals surface area contributed by atoms with Gasteiger partial charge in [0.1, 0.15) is 0 Å². The van der Waals surface area contributed by atoms with Crippen LogP contribution in [0.25, 0.3) is 0 Å². The first kappa shape index (κ1) is 25.1. The van der Waals surface area contributed by atoms with Crippen LogP contribution in [0, 0.1) is 0 Å². The van der Waals surface area contributed by atoms with E-state index in [1.165, 1.54) is 32.4 Å². The fraction of sp³-hybridized carbons (Fsp3) is 0.778. The maximum Gasteiger partial charge on any atom is 2.00 e. The molecule has 0 radical (unpaired) electrons. The maximum absolute atomic E-state index is 8.89. The van der Waals surface area contributed by atoms with Crippen molar-refractivity contribution < 1.29 is 25.3 Å². The molecule has 1 aliphatic heterocycles. The first-order valence-corrected chi connectivity index (χ1v) is 4.52. The zero-order chi connectivity index (χ0) is 11.4. The van der Waals surface area contributed by atoms with Crippen LogP contribution in [0.2, 0.25) is 0 Å². The van der Waals surface area contributed by atoms with Crippen molar-refractivity contribution in [2.75, 3.05) is 13.1 Å². The Kier molecular flexibility index (Phi) is 32.2. The average Bonchev–Trinajstić information content (AvgIpc) is 2.05. The van der Waals surface area contributed by atoms with Crippen LogP contribution in [0.15, 0.2) is 0 Å². The molecular formula is C9H19CaNO5. The third kappa shape index (κ3) is 64.9. The van der Waals surface area contributed by atoms with E-state index in [1.807, 2.05) is 0 Å². The summed E-state index contributed by atoms with van der Waals surface area (Å²) in [5.74, 6) is -2.17. The minimum absolute atomic E-state index is 0. The molecule has 0 aromatic rings. The smallest absolute Gasteiger partial charge is 0.550 e. The Balaban J connectivity index is -0.0000000660. The molecule has 7 heteroatoms. The van der Waals surface area contributed by atoms with Crippen molar-refractivity contribution in [1.29, 1.82) is 0 Å². The topological polar surface area (TPSA) is 124 Å². The van der Waals surface area contributed by atoms with Gasteiger partial charge in [-0.3, -0.25) is 0 Å². The molecular weight excluding hydrogens is 242 g/mol. The van der Waals surface area contributed by atoms with Gasteiger partial charge in [0.15, 0.2) is 0 Å². The van der Waals surface area contributed by atoms with Crippen LogP contribution in [-0.2, 0) is 9.59 Å². The number of hydrogen-bond acceptors (Lipinski definition) is 5. The fourth-order valence-corrected chi connectivity index (χ4v) is 0.802. The van der Waals surface area contributed by atoms with Gasteiger partial charge < -0.3 is 30.6 Å². The predicted octanol–water partition coefficient (Wildman–Crippen LogP) is -2.93. The molecule has 0 unspecified atom stereocenters. The third-order valence-corrected chi connectivity index (χ3v) is 1.21. The van der Waals surface area contributed by atoms with E-state index in [4.69, 9.17) is 19.8 Å². The second-order valence-electron chi connectivity index (χ2n) is 2.79. The second kappa shape index (κ2) is 20.5. The molecule has 0 saturated carbocycles. The van der Waals surface area contributed by atoms with Gasteiger partial charge in [0, 0.05) is 11.9 Å². The number of nitrogens with one attached hydrogen (secondary N) is 1. The molecule has 0 atom stereocenters. The summed E-state index contributed by atoms with van der Waals surface area (Å²) in [6.45, 7) is 4.44. The first-order valence-electron chi connectivity index (χ1n) is 4.52. The summed E-state index contributed by atoms with van der Waals surface area (Å²) in [5, 5.41) is 21.1. The largest absolute Gasteiger partial charge is 2.00 e. The standard InChI is InChI=1S/C5H11N.2C2H4O2.Ca.H2O/c1-2-4-6-5-3-1;2*1-2(3)4;;/h6H,1-5H2;2*1H3,(H,3,4);;1H2/q;;;+2;/p-2. The van der Waals surface area contributed by atoms with Gasteiger partial charge in [0.05, 0.1) is 0 Å². The zero-order valence-corrected chi connectivity index (χ0v) is 12.1. The fourth-order valence-electron chi connectivity index (χ4n) is 0.802. The third-order valence-electron chi connectivity index (χ3n) is 1.21. The van der Waals surface area contributed by atoms with E-state index in [-0.39, 0.29) is 43.2 Å². The summed E-state index contributed by atoms with van der Waals surface area (Å²) in [6.07, 6.45) is 4.22. The van der Waals surface area contributed by atoms with Gasteiger partial charge >= 0.3 is 37.7 Å². The number of rotatable bonds is 0. The molecule has 16 heavy (non-hydrogen) atoms. The molecule has 0 bridgehead atoms. The van der Waals surface area contributed by atoms with Crippen molar-refractivity contribution in [2.24, 2.45) is 0 Å². The zero-order valence-electron chi connectivity index (χ0n) is 9.88. The van der Waals surface area contributed by atoms with E-state index in [2.05, 4.69) is 5.32 Å². The van der Waals surface area contributed by atoms with E-state index >= 15 is 0 Å². The summed E-state index contributed by atoms with van der Waals surface area (Å²) in [7, 11) is 0. The van der Waals surface area contributed by atoms with Crippen molar-refractivity contribution in [2.45, 2.75) is 33.1 Å². The Morgan fingerprint density at radius 2 is 1.19 bits per heavy atom. The van der Waals surface area contributed by atoms with Crippen molar-refractivity contribution in [1.82, 2.24) is 5.32 Å². The van der Waals surface area contributed by atoms with Crippen LogP contribution in [0.5, 0.6) is 0 Å². The number of aliphatic carboxylic acids is 2. The molecule has 0 aromatic heterocycles. The van der Waals surface area contributed by atoms with Gasteiger partial charge in [-0.25, -0.2) is 0 Å². The number of piperidine rings is 1. The molecule has 0 aromatic carbocycles. The van der Waals surface area contributed by atoms with Gasteiger partial charge in [-0.15, -0.1) is 0 Å². The number of carboxylic acid groups (broad SMARTS) is 2. The molecule has 6 nitrogen and oxygen atoms in total. The van der Waals surface area contributed by atoms with Gasteiger partial charge in [-0.05, 0) is 39.8 Å². The van der Waals surface area contributed by atoms with Crippen LogP contribution in [0.4, 0.5) is 0 Å². The van der Waals surface area contributed by atoms with E-state index in [1.54, 1.807) is 0 Å². The number of carbonyl (C=O) groups is 2. The van der Waals surface area contributed by atoms with Crippen LogP contribution in [-0.4, -0.2) is 68.2 Å². The quantitative estimate of drug-likeness (QED) is 0.467. The first-order chi connectivity index (χ1) is 6.46. The normalized spacial score (nSPS) is 12.1. The number of hydrogen-bond donors (Lipinski definition) is 1. The second-order valence-corrected chi connectivity index (χ2v) is 2.79. The van der Waals surface area contributed by atoms with E-state index in [0.717, 1.165) is 13.8 Å². The minimum atomic E-state index is -1.08. The van der Waals surface area contributed by atoms with Crippen molar-refractivity contribution in [3.8, 4) is 0 Å². The van der Waals surface area contributed by atoms with E-state index < -0.39 is 11.9 Å². The Labute approximate surface area is 126 Å². The Bertz CT molecular complexity index is 130. The molecule has 1 aliphatic rings. The molecule has 1 saturated heterocycles. The van der Waals surface area contributed by atoms with E-state index in [9.17, 15) is 0 Å². The average molecular weight is 261 g/mol. The number of carbonyl (C=O) groups excluding carboxylic acids is 2. The molecule has 3 N–H and O–H groups in total. The van der Waals surface area contributed by atoms with Gasteiger partial charge in [0.25, 0.3) is 0 Å². The Morgan fingerprint density at radius 3 is 1.25 bits per heavy atom. The van der Waals surface area contributed by atoms with Crippen LogP contribution in [0.3, 0.4) is 0 Å². The summed E-state index contributed by atoms with van der Waals surface area (Å²) < 4.78 is 0. The van der Waals surface area contributed by atoms with Crippen molar-refractivity contribution >= 4 is 49.7 Å². The molecule has 0 amide bonds. The molecule has 1 fully saturated rings. The minimum Gasteiger partial charge on any atom is -0.550 e. The number of carboxylic acids is 2. The Hall–Kier alpha value is 0.120. The predicted molar refractivity (Wildman–Crippen MR) is 57.5 cm³/mol. The molecule has 0 spiro atoms. The van der Waals surface area contributed by atoms with Gasteiger partial charge in [-0.1, -0.05) is 6.42 Å². The summed E-state index contributed by atoms with van der Waals surface area (Å²) in [4.78, 5) is 17.8. The van der Waals surface area contributed by atoms with Crippen LogP contribution < -0.4 is 15.5 Å². The summed E-state index contributed by atoms with van der Waals surface area (Å²) in [5.41, 5.74) is 0. The van der Waals surface area contributed by atoms with Gasteiger partial charge in [0.2, 0.25) is 0 Å². The SMILES string of the molecule is C1CCNCC1.CC(=O)[O-].CC(=O)[O-].O.[Ca+2]. The maximum atomic E-state index is 8.89. The monoisotopic (exact) mass is 261 g/mol. The van der Waals surface area contributed by atoms with E-state index in [0.29, 0.717) is 0 Å². The molecule has 0 aliphatic carbocycles. The summed E-state index contributed by atoms with van der Waals surface area (Å²) >= 11 is 0. The van der Waals surface area contributed by atoms with Crippen LogP contribution in [0.1, 0.15) is 33.1 Å². The molecule has 1 rings (SSSR count). The Morgan fingerprint density at radius 1 is 0.938 bits per heavy atom.